The lowest BCUT2D eigenvalue weighted by Crippen LogP contribution is -2.09. The molecule has 0 aliphatic rings. The van der Waals surface area contributed by atoms with Gasteiger partial charge in [-0.15, -0.1) is 11.3 Å². The van der Waals surface area contributed by atoms with E-state index in [2.05, 4.69) is 21.5 Å². The topological polar surface area (TPSA) is 66.5 Å². The van der Waals surface area contributed by atoms with Gasteiger partial charge in [-0.05, 0) is 6.92 Å². The Kier molecular flexibility index (Phi) is 3.40. The van der Waals surface area contributed by atoms with Gasteiger partial charge in [0, 0.05) is 25.4 Å². The summed E-state index contributed by atoms with van der Waals surface area (Å²) in [6, 6.07) is 2.17. The Hall–Kier alpha value is -1.87. The van der Waals surface area contributed by atoms with Crippen LogP contribution in [0.3, 0.4) is 0 Å². The molecule has 0 radical (unpaired) electrons. The van der Waals surface area contributed by atoms with Crippen LogP contribution in [0.15, 0.2) is 10.9 Å². The highest BCUT2D eigenvalue weighted by molar-refractivity contribution is 7.07. The summed E-state index contributed by atoms with van der Waals surface area (Å²) in [6.45, 7) is 2.58. The molecule has 0 atom stereocenters. The molecule has 2 heterocycles. The van der Waals surface area contributed by atoms with E-state index in [0.29, 0.717) is 5.56 Å². The molecule has 0 unspecified atom stereocenters. The van der Waals surface area contributed by atoms with Gasteiger partial charge in [0.1, 0.15) is 17.5 Å². The predicted octanol–water partition coefficient (Wildman–Crippen LogP) is 1.71. The minimum atomic E-state index is 0.616. The van der Waals surface area contributed by atoms with E-state index in [0.717, 1.165) is 30.2 Å². The molecule has 0 saturated heterocycles. The fourth-order valence-electron chi connectivity index (χ4n) is 1.66. The molecule has 6 heteroatoms. The number of nitrogens with one attached hydrogen (secondary N) is 1. The summed E-state index contributed by atoms with van der Waals surface area (Å²) in [5.74, 6) is 0.778. The Bertz CT molecular complexity index is 535. The molecule has 1 N–H and O–H groups in total. The van der Waals surface area contributed by atoms with E-state index in [4.69, 9.17) is 5.26 Å². The zero-order chi connectivity index (χ0) is 12.3. The molecule has 0 bridgehead atoms. The molecule has 2 aromatic rings. The van der Waals surface area contributed by atoms with Gasteiger partial charge in [0.25, 0.3) is 0 Å². The first kappa shape index (κ1) is 11.6. The van der Waals surface area contributed by atoms with Crippen molar-refractivity contribution in [3.8, 4) is 6.07 Å². The van der Waals surface area contributed by atoms with Crippen molar-refractivity contribution in [1.82, 2.24) is 14.8 Å². The molecule has 88 valence electrons. The Labute approximate surface area is 104 Å². The van der Waals surface area contributed by atoms with Gasteiger partial charge in [-0.1, -0.05) is 0 Å². The smallest absolute Gasteiger partial charge is 0.142 e. The molecule has 0 amide bonds. The maximum Gasteiger partial charge on any atom is 0.142 e. The Balaban J connectivity index is 2.02. The molecular weight excluding hydrogens is 234 g/mol. The van der Waals surface area contributed by atoms with E-state index in [1.54, 1.807) is 16.0 Å². The van der Waals surface area contributed by atoms with E-state index in [-0.39, 0.29) is 0 Å². The molecule has 0 fully saturated rings. The van der Waals surface area contributed by atoms with Crippen molar-refractivity contribution in [3.05, 3.63) is 27.8 Å². The van der Waals surface area contributed by atoms with Crippen molar-refractivity contribution >= 4 is 17.2 Å². The van der Waals surface area contributed by atoms with Gasteiger partial charge in [0.2, 0.25) is 0 Å². The average Bonchev–Trinajstić information content (AvgIpc) is 2.88. The third-order valence-corrected chi connectivity index (χ3v) is 3.13. The minimum Gasteiger partial charge on any atom is -0.369 e. The standard InChI is InChI=1S/C11H13N5S/c1-8-10(5-12)11(16(2)15-8)13-4-3-9-6-17-7-14-9/h6-7,13H,3-4H2,1-2H3. The number of rotatable bonds is 4. The predicted molar refractivity (Wildman–Crippen MR) is 67.0 cm³/mol. The maximum atomic E-state index is 9.04. The van der Waals surface area contributed by atoms with Crippen LogP contribution in [-0.4, -0.2) is 21.3 Å². The largest absolute Gasteiger partial charge is 0.369 e. The van der Waals surface area contributed by atoms with Gasteiger partial charge < -0.3 is 5.32 Å². The second kappa shape index (κ2) is 4.97. The molecule has 2 aromatic heterocycles. The molecule has 17 heavy (non-hydrogen) atoms. The van der Waals surface area contributed by atoms with Crippen LogP contribution in [0.5, 0.6) is 0 Å². The van der Waals surface area contributed by atoms with Crippen molar-refractivity contribution in [2.24, 2.45) is 7.05 Å². The van der Waals surface area contributed by atoms with Gasteiger partial charge in [-0.2, -0.15) is 10.4 Å². The monoisotopic (exact) mass is 247 g/mol. The summed E-state index contributed by atoms with van der Waals surface area (Å²) in [4.78, 5) is 4.21. The molecule has 0 aromatic carbocycles. The Morgan fingerprint density at radius 2 is 2.41 bits per heavy atom. The van der Waals surface area contributed by atoms with Gasteiger partial charge >= 0.3 is 0 Å². The van der Waals surface area contributed by atoms with E-state index in [1.807, 2.05) is 24.9 Å². The number of thiazole rings is 1. The SMILES string of the molecule is Cc1nn(C)c(NCCc2cscn2)c1C#N. The highest BCUT2D eigenvalue weighted by atomic mass is 32.1. The lowest BCUT2D eigenvalue weighted by molar-refractivity contribution is 0.756. The first-order valence-electron chi connectivity index (χ1n) is 5.27. The number of hydrogen-bond donors (Lipinski definition) is 1. The number of aromatic nitrogens is 3. The summed E-state index contributed by atoms with van der Waals surface area (Å²) in [5.41, 5.74) is 4.27. The quantitative estimate of drug-likeness (QED) is 0.893. The second-order valence-corrected chi connectivity index (χ2v) is 4.42. The average molecular weight is 247 g/mol. The van der Waals surface area contributed by atoms with Crippen molar-refractivity contribution in [3.63, 3.8) is 0 Å². The van der Waals surface area contributed by atoms with Crippen molar-refractivity contribution < 1.29 is 0 Å². The molecular formula is C11H13N5S. The first-order valence-corrected chi connectivity index (χ1v) is 6.21. The summed E-state index contributed by atoms with van der Waals surface area (Å²) < 4.78 is 1.70. The lowest BCUT2D eigenvalue weighted by Gasteiger charge is -2.05. The van der Waals surface area contributed by atoms with E-state index < -0.39 is 0 Å². The van der Waals surface area contributed by atoms with Crippen LogP contribution in [-0.2, 0) is 13.5 Å². The van der Waals surface area contributed by atoms with Gasteiger partial charge in [-0.25, -0.2) is 4.98 Å². The zero-order valence-corrected chi connectivity index (χ0v) is 10.6. The summed E-state index contributed by atoms with van der Waals surface area (Å²) in [7, 11) is 1.83. The maximum absolute atomic E-state index is 9.04. The first-order chi connectivity index (χ1) is 8.22. The molecule has 0 spiro atoms. The lowest BCUT2D eigenvalue weighted by atomic mass is 10.2. The van der Waals surface area contributed by atoms with Crippen LogP contribution < -0.4 is 5.32 Å². The van der Waals surface area contributed by atoms with Gasteiger partial charge in [0.15, 0.2) is 0 Å². The second-order valence-electron chi connectivity index (χ2n) is 3.70. The number of nitrogens with zero attached hydrogens (tertiary/aromatic N) is 4. The third kappa shape index (κ3) is 2.45. The van der Waals surface area contributed by atoms with Crippen LogP contribution in [0.2, 0.25) is 0 Å². The molecule has 0 aliphatic carbocycles. The highest BCUT2D eigenvalue weighted by Gasteiger charge is 2.11. The molecule has 5 nitrogen and oxygen atoms in total. The Morgan fingerprint density at radius 1 is 1.59 bits per heavy atom. The fraction of sp³-hybridized carbons (Fsp3) is 0.364. The van der Waals surface area contributed by atoms with Crippen LogP contribution >= 0.6 is 11.3 Å². The van der Waals surface area contributed by atoms with Crippen LogP contribution in [0.4, 0.5) is 5.82 Å². The van der Waals surface area contributed by atoms with Crippen LogP contribution in [0.1, 0.15) is 17.0 Å². The normalized spacial score (nSPS) is 10.2. The number of hydrogen-bond acceptors (Lipinski definition) is 5. The van der Waals surface area contributed by atoms with Crippen molar-refractivity contribution in [1.29, 1.82) is 5.26 Å². The van der Waals surface area contributed by atoms with E-state index in [1.165, 1.54) is 0 Å². The van der Waals surface area contributed by atoms with Crippen molar-refractivity contribution in [2.45, 2.75) is 13.3 Å². The number of anilines is 1. The number of aryl methyl sites for hydroxylation is 2. The van der Waals surface area contributed by atoms with Gasteiger partial charge in [-0.3, -0.25) is 4.68 Å². The summed E-state index contributed by atoms with van der Waals surface area (Å²) in [6.07, 6.45) is 0.846. The van der Waals surface area contributed by atoms with Gasteiger partial charge in [0.05, 0.1) is 16.9 Å². The fourth-order valence-corrected chi connectivity index (χ4v) is 2.26. The summed E-state index contributed by atoms with van der Waals surface area (Å²) in [5, 5.41) is 18.5. The van der Waals surface area contributed by atoms with E-state index >= 15 is 0 Å². The van der Waals surface area contributed by atoms with Crippen molar-refractivity contribution in [2.75, 3.05) is 11.9 Å². The zero-order valence-electron chi connectivity index (χ0n) is 9.77. The Morgan fingerprint density at radius 3 is 3.06 bits per heavy atom. The summed E-state index contributed by atoms with van der Waals surface area (Å²) >= 11 is 1.59. The third-order valence-electron chi connectivity index (χ3n) is 2.49. The molecule has 2 rings (SSSR count). The number of nitriles is 1. The van der Waals surface area contributed by atoms with E-state index in [9.17, 15) is 0 Å². The highest BCUT2D eigenvalue weighted by Crippen LogP contribution is 2.17. The minimum absolute atomic E-state index is 0.616. The van der Waals surface area contributed by atoms with Crippen LogP contribution in [0.25, 0.3) is 0 Å². The van der Waals surface area contributed by atoms with Crippen LogP contribution in [0, 0.1) is 18.3 Å². The molecule has 0 saturated carbocycles. The molecule has 0 aliphatic heterocycles.